The van der Waals surface area contributed by atoms with E-state index in [-0.39, 0.29) is 0 Å². The zero-order valence-corrected chi connectivity index (χ0v) is 8.89. The monoisotopic (exact) mass is 213 g/mol. The van der Waals surface area contributed by atoms with Gasteiger partial charge in [0.05, 0.1) is 11.6 Å². The molecule has 1 aromatic rings. The van der Waals surface area contributed by atoms with Crippen LogP contribution in [0.5, 0.6) is 5.75 Å². The van der Waals surface area contributed by atoms with Crippen LogP contribution in [0.1, 0.15) is 22.8 Å². The Morgan fingerprint density at radius 1 is 1.57 bits per heavy atom. The van der Waals surface area contributed by atoms with Crippen molar-refractivity contribution >= 4 is 17.5 Å². The molecular weight excluding hydrogens is 202 g/mol. The number of ether oxygens (including phenoxy) is 1. The van der Waals surface area contributed by atoms with Crippen LogP contribution in [0.25, 0.3) is 0 Å². The summed E-state index contributed by atoms with van der Waals surface area (Å²) in [6.07, 6.45) is 0. The molecule has 1 amide bonds. The molecule has 0 atom stereocenters. The standard InChI is InChI=1S/C10H12ClNO2/c1-3-14-9-4-6(2)7(10(12)13)5-8(9)11/h4-5H,3H2,1-2H3,(H2,12,13). The smallest absolute Gasteiger partial charge is 0.249 e. The fourth-order valence-corrected chi connectivity index (χ4v) is 1.40. The van der Waals surface area contributed by atoms with Crippen LogP contribution in [-0.4, -0.2) is 12.5 Å². The molecule has 1 rings (SSSR count). The van der Waals surface area contributed by atoms with Crippen molar-refractivity contribution in [3.63, 3.8) is 0 Å². The first-order valence-corrected chi connectivity index (χ1v) is 4.66. The number of nitrogens with two attached hydrogens (primary N) is 1. The lowest BCUT2D eigenvalue weighted by Crippen LogP contribution is -2.12. The molecule has 0 saturated carbocycles. The lowest BCUT2D eigenvalue weighted by Gasteiger charge is -2.08. The van der Waals surface area contributed by atoms with Crippen LogP contribution in [0.2, 0.25) is 5.02 Å². The lowest BCUT2D eigenvalue weighted by atomic mass is 10.1. The van der Waals surface area contributed by atoms with Gasteiger partial charge in [0.15, 0.2) is 0 Å². The second-order valence-corrected chi connectivity index (χ2v) is 3.30. The molecule has 0 heterocycles. The van der Waals surface area contributed by atoms with Crippen LogP contribution < -0.4 is 10.5 Å². The molecule has 0 fully saturated rings. The average Bonchev–Trinajstić information content (AvgIpc) is 2.10. The topological polar surface area (TPSA) is 52.3 Å². The Hall–Kier alpha value is -1.22. The number of hydrogen-bond acceptors (Lipinski definition) is 2. The molecular formula is C10H12ClNO2. The summed E-state index contributed by atoms with van der Waals surface area (Å²) in [7, 11) is 0. The molecule has 0 saturated heterocycles. The fraction of sp³-hybridized carbons (Fsp3) is 0.300. The molecule has 0 radical (unpaired) electrons. The molecule has 0 aliphatic heterocycles. The highest BCUT2D eigenvalue weighted by atomic mass is 35.5. The summed E-state index contributed by atoms with van der Waals surface area (Å²) in [6.45, 7) is 4.20. The van der Waals surface area contributed by atoms with Gasteiger partial charge < -0.3 is 10.5 Å². The van der Waals surface area contributed by atoms with E-state index in [1.807, 2.05) is 6.92 Å². The van der Waals surface area contributed by atoms with Crippen LogP contribution in [0.3, 0.4) is 0 Å². The zero-order chi connectivity index (χ0) is 10.7. The maximum Gasteiger partial charge on any atom is 0.249 e. The van der Waals surface area contributed by atoms with Gasteiger partial charge in [0.2, 0.25) is 5.91 Å². The van der Waals surface area contributed by atoms with E-state index in [0.717, 1.165) is 5.56 Å². The van der Waals surface area contributed by atoms with E-state index in [0.29, 0.717) is 22.9 Å². The van der Waals surface area contributed by atoms with Crippen molar-refractivity contribution in [2.75, 3.05) is 6.61 Å². The summed E-state index contributed by atoms with van der Waals surface area (Å²) >= 11 is 5.89. The summed E-state index contributed by atoms with van der Waals surface area (Å²) in [4.78, 5) is 11.0. The second kappa shape index (κ2) is 4.33. The van der Waals surface area contributed by atoms with Crippen LogP contribution in [-0.2, 0) is 0 Å². The van der Waals surface area contributed by atoms with Crippen LogP contribution in [0.4, 0.5) is 0 Å². The first-order valence-electron chi connectivity index (χ1n) is 4.29. The number of benzene rings is 1. The van der Waals surface area contributed by atoms with Gasteiger partial charge >= 0.3 is 0 Å². The summed E-state index contributed by atoms with van der Waals surface area (Å²) in [5, 5.41) is 0.409. The molecule has 0 aromatic heterocycles. The van der Waals surface area contributed by atoms with Gasteiger partial charge in [-0.25, -0.2) is 0 Å². The lowest BCUT2D eigenvalue weighted by molar-refractivity contribution is 0.0999. The highest BCUT2D eigenvalue weighted by Gasteiger charge is 2.10. The van der Waals surface area contributed by atoms with E-state index >= 15 is 0 Å². The molecule has 76 valence electrons. The number of carbonyl (C=O) groups is 1. The minimum atomic E-state index is -0.479. The third-order valence-electron chi connectivity index (χ3n) is 1.84. The van der Waals surface area contributed by atoms with Crippen molar-refractivity contribution < 1.29 is 9.53 Å². The maximum atomic E-state index is 11.0. The predicted molar refractivity (Wildman–Crippen MR) is 55.9 cm³/mol. The fourth-order valence-electron chi connectivity index (χ4n) is 1.19. The summed E-state index contributed by atoms with van der Waals surface area (Å²) in [5.41, 5.74) is 6.37. The molecule has 4 heteroatoms. The van der Waals surface area contributed by atoms with E-state index in [2.05, 4.69) is 0 Å². The number of aryl methyl sites for hydroxylation is 1. The van der Waals surface area contributed by atoms with Crippen molar-refractivity contribution in [3.05, 3.63) is 28.3 Å². The molecule has 3 nitrogen and oxygen atoms in total. The average molecular weight is 214 g/mol. The number of carbonyl (C=O) groups excluding carboxylic acids is 1. The van der Waals surface area contributed by atoms with Crippen LogP contribution in [0, 0.1) is 6.92 Å². The Morgan fingerprint density at radius 2 is 2.21 bits per heavy atom. The Labute approximate surface area is 87.8 Å². The molecule has 0 aliphatic rings. The summed E-state index contributed by atoms with van der Waals surface area (Å²) < 4.78 is 5.27. The minimum absolute atomic E-state index is 0.409. The molecule has 0 aliphatic carbocycles. The van der Waals surface area contributed by atoms with Gasteiger partial charge in [-0.1, -0.05) is 11.6 Å². The van der Waals surface area contributed by atoms with E-state index in [4.69, 9.17) is 22.1 Å². The zero-order valence-electron chi connectivity index (χ0n) is 8.13. The number of halogens is 1. The van der Waals surface area contributed by atoms with Gasteiger partial charge in [0, 0.05) is 5.56 Å². The Balaban J connectivity index is 3.17. The molecule has 1 aromatic carbocycles. The van der Waals surface area contributed by atoms with Crippen molar-refractivity contribution in [1.82, 2.24) is 0 Å². The maximum absolute atomic E-state index is 11.0. The first kappa shape index (κ1) is 10.9. The van der Waals surface area contributed by atoms with E-state index in [1.54, 1.807) is 13.0 Å². The highest BCUT2D eigenvalue weighted by molar-refractivity contribution is 6.32. The molecule has 14 heavy (non-hydrogen) atoms. The van der Waals surface area contributed by atoms with Gasteiger partial charge in [-0.2, -0.15) is 0 Å². The van der Waals surface area contributed by atoms with Gasteiger partial charge in [-0.3, -0.25) is 4.79 Å². The van der Waals surface area contributed by atoms with Crippen molar-refractivity contribution in [1.29, 1.82) is 0 Å². The Morgan fingerprint density at radius 3 is 2.71 bits per heavy atom. The van der Waals surface area contributed by atoms with Crippen molar-refractivity contribution in [3.8, 4) is 5.75 Å². The highest BCUT2D eigenvalue weighted by Crippen LogP contribution is 2.27. The van der Waals surface area contributed by atoms with E-state index < -0.39 is 5.91 Å². The Bertz CT molecular complexity index is 363. The normalized spacial score (nSPS) is 9.93. The number of primary amides is 1. The predicted octanol–water partition coefficient (Wildman–Crippen LogP) is 2.15. The molecule has 0 bridgehead atoms. The van der Waals surface area contributed by atoms with Crippen LogP contribution in [0.15, 0.2) is 12.1 Å². The number of hydrogen-bond donors (Lipinski definition) is 1. The quantitative estimate of drug-likeness (QED) is 0.837. The molecule has 2 N–H and O–H groups in total. The third kappa shape index (κ3) is 2.17. The van der Waals surface area contributed by atoms with E-state index in [1.165, 1.54) is 6.07 Å². The largest absolute Gasteiger partial charge is 0.492 e. The van der Waals surface area contributed by atoms with Crippen LogP contribution >= 0.6 is 11.6 Å². The summed E-state index contributed by atoms with van der Waals surface area (Å²) in [5.74, 6) is 0.101. The minimum Gasteiger partial charge on any atom is -0.492 e. The van der Waals surface area contributed by atoms with Crippen molar-refractivity contribution in [2.45, 2.75) is 13.8 Å². The third-order valence-corrected chi connectivity index (χ3v) is 2.14. The molecule has 0 unspecified atom stereocenters. The number of rotatable bonds is 3. The van der Waals surface area contributed by atoms with Gasteiger partial charge in [-0.05, 0) is 31.5 Å². The van der Waals surface area contributed by atoms with E-state index in [9.17, 15) is 4.79 Å². The molecule has 0 spiro atoms. The van der Waals surface area contributed by atoms with Crippen molar-refractivity contribution in [2.24, 2.45) is 5.73 Å². The summed E-state index contributed by atoms with van der Waals surface area (Å²) in [6, 6.07) is 3.25. The first-order chi connectivity index (χ1) is 6.56. The number of amides is 1. The van der Waals surface area contributed by atoms with Gasteiger partial charge in [0.1, 0.15) is 5.75 Å². The second-order valence-electron chi connectivity index (χ2n) is 2.89. The SMILES string of the molecule is CCOc1cc(C)c(C(N)=O)cc1Cl. The van der Waals surface area contributed by atoms with Gasteiger partial charge in [0.25, 0.3) is 0 Å². The van der Waals surface area contributed by atoms with Gasteiger partial charge in [-0.15, -0.1) is 0 Å². The Kier molecular flexibility index (Phi) is 3.36.